The second-order valence-electron chi connectivity index (χ2n) is 10.0. The normalized spacial score (nSPS) is 13.7. The van der Waals surface area contributed by atoms with E-state index in [0.717, 1.165) is 66.5 Å². The fourth-order valence-corrected chi connectivity index (χ4v) is 4.71. The highest BCUT2D eigenvalue weighted by atomic mass is 16.5. The van der Waals surface area contributed by atoms with Crippen LogP contribution in [0.4, 0.5) is 0 Å². The minimum atomic E-state index is 0.302. The number of carbonyl (C=O) groups is 1. The molecule has 4 rings (SSSR count). The van der Waals surface area contributed by atoms with Gasteiger partial charge in [0, 0.05) is 49.5 Å². The first kappa shape index (κ1) is 34.7. The van der Waals surface area contributed by atoms with Gasteiger partial charge in [0.1, 0.15) is 11.6 Å². The lowest BCUT2D eigenvalue weighted by atomic mass is 10.1. The summed E-state index contributed by atoms with van der Waals surface area (Å²) in [5, 5.41) is 9.92. The van der Waals surface area contributed by atoms with Gasteiger partial charge >= 0.3 is 0 Å². The summed E-state index contributed by atoms with van der Waals surface area (Å²) in [4.78, 5) is 14.5. The molecule has 230 valence electrons. The first-order valence-electron chi connectivity index (χ1n) is 15.9. The molecule has 0 aliphatic carbocycles. The van der Waals surface area contributed by atoms with E-state index in [0.29, 0.717) is 38.3 Å². The first-order valence-corrected chi connectivity index (χ1v) is 15.9. The van der Waals surface area contributed by atoms with Crippen molar-refractivity contribution in [2.75, 3.05) is 26.3 Å². The molecule has 1 aliphatic rings. The van der Waals surface area contributed by atoms with Gasteiger partial charge in [0.25, 0.3) is 0 Å². The molecule has 3 heterocycles. The third-order valence-corrected chi connectivity index (χ3v) is 6.77. The van der Waals surface area contributed by atoms with Crippen LogP contribution in [0.2, 0.25) is 0 Å². The molecule has 0 radical (unpaired) electrons. The number of allylic oxidation sites excluding steroid dienone is 3. The molecule has 1 saturated heterocycles. The zero-order valence-corrected chi connectivity index (χ0v) is 27.3. The molecule has 0 saturated carbocycles. The standard InChI is InChI=1S/C31H41N5O2.2C2H6/c1-5-7-12-28(35-16-15-30(33-35)26-11-8-10-24(3)21-26)23-31(34-17-19-38-20-18-34)36-25(4)22-27(32-36)13-14-29(37)9-6-2;2*1-2/h8,10-12,15-16,21-23H,5-7,9,13-14,17-20H2,1-4H3;2*1-2H3/b28-12-,31-23-;;. The second-order valence-corrected chi connectivity index (χ2v) is 10.0. The Kier molecular flexibility index (Phi) is 15.6. The highest BCUT2D eigenvalue weighted by Gasteiger charge is 2.20. The average molecular weight is 576 g/mol. The molecule has 0 atom stereocenters. The summed E-state index contributed by atoms with van der Waals surface area (Å²) in [6.07, 6.45) is 11.2. The minimum Gasteiger partial charge on any atom is -0.378 e. The van der Waals surface area contributed by atoms with Gasteiger partial charge in [-0.2, -0.15) is 10.2 Å². The van der Waals surface area contributed by atoms with E-state index in [1.807, 2.05) is 50.2 Å². The monoisotopic (exact) mass is 575 g/mol. The van der Waals surface area contributed by atoms with Crippen LogP contribution in [0.3, 0.4) is 0 Å². The van der Waals surface area contributed by atoms with Gasteiger partial charge in [0.15, 0.2) is 0 Å². The topological polar surface area (TPSA) is 65.2 Å². The molecule has 0 unspecified atom stereocenters. The van der Waals surface area contributed by atoms with Gasteiger partial charge in [-0.25, -0.2) is 9.36 Å². The van der Waals surface area contributed by atoms with Crippen LogP contribution in [-0.4, -0.2) is 56.5 Å². The smallest absolute Gasteiger partial charge is 0.133 e. The number of aryl methyl sites for hydroxylation is 3. The number of rotatable bonds is 12. The molecule has 3 aromatic rings. The molecule has 7 heteroatoms. The third kappa shape index (κ3) is 10.1. The van der Waals surface area contributed by atoms with Crippen LogP contribution in [0.15, 0.2) is 54.7 Å². The van der Waals surface area contributed by atoms with Crippen molar-refractivity contribution >= 4 is 17.3 Å². The van der Waals surface area contributed by atoms with Crippen LogP contribution in [0.5, 0.6) is 0 Å². The first-order chi connectivity index (χ1) is 20.5. The fourth-order valence-electron chi connectivity index (χ4n) is 4.71. The molecule has 0 N–H and O–H groups in total. The van der Waals surface area contributed by atoms with Crippen molar-refractivity contribution in [2.24, 2.45) is 0 Å². The summed E-state index contributed by atoms with van der Waals surface area (Å²) in [5.41, 5.74) is 6.30. The predicted octanol–water partition coefficient (Wildman–Crippen LogP) is 8.19. The highest BCUT2D eigenvalue weighted by Crippen LogP contribution is 2.24. The number of ketones is 1. The van der Waals surface area contributed by atoms with Crippen LogP contribution in [0.25, 0.3) is 22.8 Å². The zero-order valence-electron chi connectivity index (χ0n) is 27.3. The number of ether oxygens (including phenoxy) is 1. The molecule has 0 bridgehead atoms. The van der Waals surface area contributed by atoms with Gasteiger partial charge in [0.05, 0.1) is 30.3 Å². The molecular formula is C35H53N5O2. The summed E-state index contributed by atoms with van der Waals surface area (Å²) in [6, 6.07) is 12.6. The predicted molar refractivity (Wildman–Crippen MR) is 176 cm³/mol. The number of Topliss-reactive ketones (excluding diaryl/α,β-unsaturated/α-hetero) is 1. The molecule has 2 aromatic heterocycles. The largest absolute Gasteiger partial charge is 0.378 e. The molecule has 7 nitrogen and oxygen atoms in total. The van der Waals surface area contributed by atoms with Crippen molar-refractivity contribution in [1.82, 2.24) is 24.5 Å². The maximum atomic E-state index is 12.1. The Balaban J connectivity index is 0.00000148. The number of unbranched alkanes of at least 4 members (excludes halogenated alkanes) is 1. The Morgan fingerprint density at radius 2 is 1.69 bits per heavy atom. The zero-order chi connectivity index (χ0) is 30.9. The number of carbonyl (C=O) groups excluding carboxylic acids is 1. The summed E-state index contributed by atoms with van der Waals surface area (Å²) in [7, 11) is 0. The SMILES string of the molecule is CC.CC.CCC/C=C(/C=C(/N1CCOCC1)n1nc(CCC(=O)CCC)cc1C)n1ccc(-c2cccc(C)c2)n1. The van der Waals surface area contributed by atoms with E-state index >= 15 is 0 Å². The van der Waals surface area contributed by atoms with Gasteiger partial charge in [-0.3, -0.25) is 4.79 Å². The Hall–Kier alpha value is -3.45. The van der Waals surface area contributed by atoms with Crippen LogP contribution < -0.4 is 0 Å². The van der Waals surface area contributed by atoms with Crippen molar-refractivity contribution in [3.63, 3.8) is 0 Å². The molecule has 0 amide bonds. The number of morpholine rings is 1. The summed E-state index contributed by atoms with van der Waals surface area (Å²) >= 11 is 0. The maximum Gasteiger partial charge on any atom is 0.133 e. The van der Waals surface area contributed by atoms with Gasteiger partial charge in [-0.05, 0) is 51.3 Å². The van der Waals surface area contributed by atoms with Crippen LogP contribution in [0.1, 0.15) is 90.6 Å². The number of aromatic nitrogens is 4. The van der Waals surface area contributed by atoms with Crippen LogP contribution in [0, 0.1) is 13.8 Å². The fraction of sp³-hybridized carbons (Fsp3) is 0.514. The molecule has 1 fully saturated rings. The van der Waals surface area contributed by atoms with E-state index in [9.17, 15) is 4.79 Å². The van der Waals surface area contributed by atoms with E-state index in [1.54, 1.807) is 0 Å². The Morgan fingerprint density at radius 1 is 0.952 bits per heavy atom. The maximum absolute atomic E-state index is 12.1. The van der Waals surface area contributed by atoms with Crippen molar-refractivity contribution < 1.29 is 9.53 Å². The average Bonchev–Trinajstić information content (AvgIpc) is 3.66. The number of hydrogen-bond acceptors (Lipinski definition) is 5. The van der Waals surface area contributed by atoms with E-state index in [-0.39, 0.29) is 0 Å². The van der Waals surface area contributed by atoms with E-state index in [2.05, 4.69) is 74.2 Å². The lowest BCUT2D eigenvalue weighted by Crippen LogP contribution is -2.37. The van der Waals surface area contributed by atoms with E-state index in [1.165, 1.54) is 5.56 Å². The quantitative estimate of drug-likeness (QED) is 0.204. The van der Waals surface area contributed by atoms with E-state index in [4.69, 9.17) is 14.9 Å². The Bertz CT molecular complexity index is 1280. The number of nitrogens with zero attached hydrogens (tertiary/aromatic N) is 5. The Morgan fingerprint density at radius 3 is 2.36 bits per heavy atom. The molecule has 42 heavy (non-hydrogen) atoms. The van der Waals surface area contributed by atoms with Gasteiger partial charge < -0.3 is 9.64 Å². The van der Waals surface area contributed by atoms with E-state index < -0.39 is 0 Å². The van der Waals surface area contributed by atoms with Crippen LogP contribution >= 0.6 is 0 Å². The van der Waals surface area contributed by atoms with Crippen LogP contribution in [-0.2, 0) is 16.0 Å². The molecule has 0 spiro atoms. The lowest BCUT2D eigenvalue weighted by Gasteiger charge is -2.31. The van der Waals surface area contributed by atoms with Gasteiger partial charge in [0.2, 0.25) is 0 Å². The van der Waals surface area contributed by atoms with Gasteiger partial charge in [-0.15, -0.1) is 0 Å². The van der Waals surface area contributed by atoms with Crippen molar-refractivity contribution in [1.29, 1.82) is 0 Å². The number of benzene rings is 1. The molecule has 1 aliphatic heterocycles. The third-order valence-electron chi connectivity index (χ3n) is 6.77. The summed E-state index contributed by atoms with van der Waals surface area (Å²) in [6.45, 7) is 19.4. The van der Waals surface area contributed by atoms with Gasteiger partial charge in [-0.1, -0.05) is 77.8 Å². The molecular weight excluding hydrogens is 522 g/mol. The van der Waals surface area contributed by atoms with Crippen molar-refractivity contribution in [2.45, 2.75) is 93.9 Å². The lowest BCUT2D eigenvalue weighted by molar-refractivity contribution is -0.119. The van der Waals surface area contributed by atoms with Crippen molar-refractivity contribution in [3.05, 3.63) is 71.7 Å². The second kappa shape index (κ2) is 18.9. The minimum absolute atomic E-state index is 0.302. The summed E-state index contributed by atoms with van der Waals surface area (Å²) < 4.78 is 9.65. The molecule has 1 aromatic carbocycles. The Labute approximate surface area is 254 Å². The van der Waals surface area contributed by atoms with Crippen molar-refractivity contribution in [3.8, 4) is 11.3 Å². The summed E-state index contributed by atoms with van der Waals surface area (Å²) in [5.74, 6) is 1.31. The number of hydrogen-bond donors (Lipinski definition) is 0. The highest BCUT2D eigenvalue weighted by molar-refractivity contribution is 5.78.